The summed E-state index contributed by atoms with van der Waals surface area (Å²) in [4.78, 5) is 14.3. The van der Waals surface area contributed by atoms with Crippen LogP contribution in [-0.2, 0) is 0 Å². The number of carbonyl (C=O) groups is 1. The van der Waals surface area contributed by atoms with E-state index in [4.69, 9.17) is 11.6 Å². The molecule has 98 valence electrons. The Labute approximate surface area is 113 Å². The number of carbonyl (C=O) groups excluding carboxylic acids is 1. The topological polar surface area (TPSA) is 32.3 Å². The Kier molecular flexibility index (Phi) is 5.02. The van der Waals surface area contributed by atoms with Gasteiger partial charge in [0.2, 0.25) is 0 Å². The molecule has 1 aromatic rings. The summed E-state index contributed by atoms with van der Waals surface area (Å²) in [6, 6.07) is 7.03. The first kappa shape index (κ1) is 13.4. The fourth-order valence-corrected chi connectivity index (χ4v) is 2.43. The van der Waals surface area contributed by atoms with E-state index in [0.29, 0.717) is 10.6 Å². The maximum atomic E-state index is 11.8. The number of likely N-dealkylation sites (tertiary alicyclic amines) is 1. The van der Waals surface area contributed by atoms with Crippen LogP contribution < -0.4 is 5.32 Å². The summed E-state index contributed by atoms with van der Waals surface area (Å²) >= 11 is 5.85. The van der Waals surface area contributed by atoms with E-state index in [1.165, 1.54) is 25.9 Å². The molecule has 0 unspecified atom stereocenters. The Morgan fingerprint density at radius 3 is 2.83 bits per heavy atom. The van der Waals surface area contributed by atoms with Crippen LogP contribution >= 0.6 is 11.6 Å². The lowest BCUT2D eigenvalue weighted by Gasteiger charge is -2.14. The molecule has 1 aromatic carbocycles. The first-order valence-corrected chi connectivity index (χ1v) is 6.89. The van der Waals surface area contributed by atoms with E-state index in [0.717, 1.165) is 19.5 Å². The van der Waals surface area contributed by atoms with Gasteiger partial charge in [-0.25, -0.2) is 0 Å². The number of amides is 1. The molecule has 0 atom stereocenters. The Morgan fingerprint density at radius 2 is 2.11 bits per heavy atom. The predicted octanol–water partition coefficient (Wildman–Crippen LogP) is 2.56. The summed E-state index contributed by atoms with van der Waals surface area (Å²) in [6.45, 7) is 4.22. The van der Waals surface area contributed by atoms with Crippen molar-refractivity contribution in [2.75, 3.05) is 26.2 Å². The average Bonchev–Trinajstić information content (AvgIpc) is 2.87. The molecule has 1 saturated heterocycles. The van der Waals surface area contributed by atoms with E-state index in [9.17, 15) is 4.79 Å². The van der Waals surface area contributed by atoms with E-state index in [-0.39, 0.29) is 5.91 Å². The van der Waals surface area contributed by atoms with Crippen LogP contribution in [0.15, 0.2) is 24.3 Å². The Balaban J connectivity index is 1.68. The van der Waals surface area contributed by atoms with Crippen molar-refractivity contribution in [3.05, 3.63) is 34.9 Å². The molecule has 0 aliphatic carbocycles. The lowest BCUT2D eigenvalue weighted by molar-refractivity contribution is 0.0952. The fourth-order valence-electron chi connectivity index (χ4n) is 2.24. The molecule has 18 heavy (non-hydrogen) atoms. The van der Waals surface area contributed by atoms with Crippen molar-refractivity contribution in [2.24, 2.45) is 0 Å². The third-order valence-electron chi connectivity index (χ3n) is 3.22. The van der Waals surface area contributed by atoms with Crippen LogP contribution in [0.2, 0.25) is 5.02 Å². The van der Waals surface area contributed by atoms with Gasteiger partial charge in [0.1, 0.15) is 0 Å². The Hall–Kier alpha value is -1.06. The second-order valence-electron chi connectivity index (χ2n) is 4.67. The third kappa shape index (κ3) is 4.00. The first-order valence-electron chi connectivity index (χ1n) is 6.52. The molecular formula is C14H19ClN2O. The molecule has 0 saturated carbocycles. The molecule has 1 N–H and O–H groups in total. The molecule has 1 heterocycles. The van der Waals surface area contributed by atoms with Crippen LogP contribution in [0.4, 0.5) is 0 Å². The predicted molar refractivity (Wildman–Crippen MR) is 74.1 cm³/mol. The number of benzene rings is 1. The van der Waals surface area contributed by atoms with Crippen molar-refractivity contribution in [3.63, 3.8) is 0 Å². The Morgan fingerprint density at radius 1 is 1.33 bits per heavy atom. The van der Waals surface area contributed by atoms with Gasteiger partial charge < -0.3 is 10.2 Å². The summed E-state index contributed by atoms with van der Waals surface area (Å²) in [6.07, 6.45) is 3.63. The number of rotatable bonds is 5. The summed E-state index contributed by atoms with van der Waals surface area (Å²) in [5.74, 6) is -0.0427. The SMILES string of the molecule is O=C(NCCCN1CCCC1)c1cccc(Cl)c1. The van der Waals surface area contributed by atoms with Gasteiger partial charge in [-0.05, 0) is 57.1 Å². The minimum Gasteiger partial charge on any atom is -0.352 e. The summed E-state index contributed by atoms with van der Waals surface area (Å²) in [5.41, 5.74) is 0.628. The number of hydrogen-bond acceptors (Lipinski definition) is 2. The zero-order valence-electron chi connectivity index (χ0n) is 10.5. The van der Waals surface area contributed by atoms with Gasteiger partial charge in [0.05, 0.1) is 0 Å². The highest BCUT2D eigenvalue weighted by Crippen LogP contribution is 2.10. The maximum Gasteiger partial charge on any atom is 0.251 e. The average molecular weight is 267 g/mol. The normalized spacial score (nSPS) is 15.8. The van der Waals surface area contributed by atoms with Crippen LogP contribution in [-0.4, -0.2) is 37.0 Å². The van der Waals surface area contributed by atoms with E-state index in [1.54, 1.807) is 24.3 Å². The minimum atomic E-state index is -0.0427. The van der Waals surface area contributed by atoms with Crippen LogP contribution in [0.25, 0.3) is 0 Å². The van der Waals surface area contributed by atoms with Gasteiger partial charge in [0.25, 0.3) is 5.91 Å². The first-order chi connectivity index (χ1) is 8.75. The second-order valence-corrected chi connectivity index (χ2v) is 5.10. The molecule has 4 heteroatoms. The Bertz CT molecular complexity index is 403. The van der Waals surface area contributed by atoms with Crippen LogP contribution in [0.5, 0.6) is 0 Å². The number of nitrogens with zero attached hydrogens (tertiary/aromatic N) is 1. The standard InChI is InChI=1S/C14H19ClN2O/c15-13-6-3-5-12(11-13)14(18)16-7-4-10-17-8-1-2-9-17/h3,5-6,11H,1-2,4,7-10H2,(H,16,18). The molecule has 0 radical (unpaired) electrons. The zero-order chi connectivity index (χ0) is 12.8. The molecule has 0 bridgehead atoms. The lowest BCUT2D eigenvalue weighted by atomic mass is 10.2. The van der Waals surface area contributed by atoms with Crippen LogP contribution in [0, 0.1) is 0 Å². The monoisotopic (exact) mass is 266 g/mol. The highest BCUT2D eigenvalue weighted by molar-refractivity contribution is 6.30. The van der Waals surface area contributed by atoms with Crippen molar-refractivity contribution < 1.29 is 4.79 Å². The van der Waals surface area contributed by atoms with Crippen molar-refractivity contribution in [1.29, 1.82) is 0 Å². The van der Waals surface area contributed by atoms with Gasteiger partial charge >= 0.3 is 0 Å². The third-order valence-corrected chi connectivity index (χ3v) is 3.46. The highest BCUT2D eigenvalue weighted by Gasteiger charge is 2.10. The highest BCUT2D eigenvalue weighted by atomic mass is 35.5. The van der Waals surface area contributed by atoms with Gasteiger partial charge in [0.15, 0.2) is 0 Å². The number of halogens is 1. The van der Waals surface area contributed by atoms with Crippen molar-refractivity contribution in [1.82, 2.24) is 10.2 Å². The molecule has 1 aliphatic rings. The van der Waals surface area contributed by atoms with Gasteiger partial charge in [0, 0.05) is 17.1 Å². The summed E-state index contributed by atoms with van der Waals surface area (Å²) < 4.78 is 0. The molecule has 0 spiro atoms. The molecule has 2 rings (SSSR count). The second kappa shape index (κ2) is 6.76. The molecule has 3 nitrogen and oxygen atoms in total. The van der Waals surface area contributed by atoms with Gasteiger partial charge in [-0.3, -0.25) is 4.79 Å². The molecule has 1 fully saturated rings. The van der Waals surface area contributed by atoms with Crippen LogP contribution in [0.3, 0.4) is 0 Å². The van der Waals surface area contributed by atoms with E-state index in [1.807, 2.05) is 0 Å². The fraction of sp³-hybridized carbons (Fsp3) is 0.500. The minimum absolute atomic E-state index is 0.0427. The van der Waals surface area contributed by atoms with E-state index >= 15 is 0 Å². The molecule has 1 amide bonds. The van der Waals surface area contributed by atoms with Gasteiger partial charge in [-0.15, -0.1) is 0 Å². The maximum absolute atomic E-state index is 11.8. The zero-order valence-corrected chi connectivity index (χ0v) is 11.2. The van der Waals surface area contributed by atoms with Crippen molar-refractivity contribution in [2.45, 2.75) is 19.3 Å². The van der Waals surface area contributed by atoms with Gasteiger partial charge in [-0.2, -0.15) is 0 Å². The lowest BCUT2D eigenvalue weighted by Crippen LogP contribution is -2.28. The summed E-state index contributed by atoms with van der Waals surface area (Å²) in [7, 11) is 0. The van der Waals surface area contributed by atoms with Crippen LogP contribution in [0.1, 0.15) is 29.6 Å². The number of nitrogens with one attached hydrogen (secondary N) is 1. The summed E-state index contributed by atoms with van der Waals surface area (Å²) in [5, 5.41) is 3.52. The van der Waals surface area contributed by atoms with E-state index in [2.05, 4.69) is 10.2 Å². The molecular weight excluding hydrogens is 248 g/mol. The smallest absolute Gasteiger partial charge is 0.251 e. The largest absolute Gasteiger partial charge is 0.352 e. The number of hydrogen-bond donors (Lipinski definition) is 1. The molecule has 0 aromatic heterocycles. The van der Waals surface area contributed by atoms with Gasteiger partial charge in [-0.1, -0.05) is 17.7 Å². The molecule has 1 aliphatic heterocycles. The van der Waals surface area contributed by atoms with E-state index < -0.39 is 0 Å². The van der Waals surface area contributed by atoms with Crippen molar-refractivity contribution >= 4 is 17.5 Å². The quantitative estimate of drug-likeness (QED) is 0.831. The van der Waals surface area contributed by atoms with Crippen molar-refractivity contribution in [3.8, 4) is 0 Å².